The molecule has 0 aliphatic rings. The van der Waals surface area contributed by atoms with Crippen molar-refractivity contribution in [3.63, 3.8) is 0 Å². The molecule has 3 aromatic carbocycles. The van der Waals surface area contributed by atoms with Crippen LogP contribution >= 0.6 is 0 Å². The van der Waals surface area contributed by atoms with E-state index in [-0.39, 0.29) is 5.56 Å². The Hall–Kier alpha value is -3.40. The highest BCUT2D eigenvalue weighted by molar-refractivity contribution is 5.88. The van der Waals surface area contributed by atoms with E-state index >= 15 is 0 Å². The van der Waals surface area contributed by atoms with Crippen molar-refractivity contribution in [1.82, 2.24) is 0 Å². The van der Waals surface area contributed by atoms with Crippen molar-refractivity contribution in [3.8, 4) is 11.1 Å². The Labute approximate surface area is 140 Å². The molecule has 0 atom stereocenters. The fraction of sp³-hybridized carbons (Fsp3) is 0. The van der Waals surface area contributed by atoms with Crippen molar-refractivity contribution in [2.24, 2.45) is 5.10 Å². The predicted octanol–water partition coefficient (Wildman–Crippen LogP) is 4.50. The Morgan fingerprint density at radius 2 is 1.46 bits per heavy atom. The number of carboxylic acid groups (broad SMARTS) is 1. The van der Waals surface area contributed by atoms with Crippen LogP contribution in [0.15, 0.2) is 84.0 Å². The predicted molar refractivity (Wildman–Crippen MR) is 96.5 cm³/mol. The molecule has 0 aliphatic carbocycles. The van der Waals surface area contributed by atoms with Crippen LogP contribution in [0.5, 0.6) is 0 Å². The van der Waals surface area contributed by atoms with Gasteiger partial charge in [0, 0.05) is 0 Å². The first-order chi connectivity index (χ1) is 11.7. The summed E-state index contributed by atoms with van der Waals surface area (Å²) in [5.41, 5.74) is 7.18. The van der Waals surface area contributed by atoms with Crippen molar-refractivity contribution in [3.05, 3.63) is 90.0 Å². The molecule has 0 unspecified atom stereocenters. The van der Waals surface area contributed by atoms with E-state index in [0.29, 0.717) is 0 Å². The first-order valence-corrected chi connectivity index (χ1v) is 7.50. The molecule has 3 rings (SSSR count). The molecule has 118 valence electrons. The van der Waals surface area contributed by atoms with Gasteiger partial charge in [0.2, 0.25) is 0 Å². The van der Waals surface area contributed by atoms with Crippen LogP contribution in [-0.4, -0.2) is 17.3 Å². The van der Waals surface area contributed by atoms with E-state index in [0.717, 1.165) is 16.8 Å². The standard InChI is InChI=1S/C20H16N2O2/c23-20(24)18-10-12-19(13-11-18)22-21-14-15-6-8-17(9-7-15)16-4-2-1-3-5-16/h1-14,22H,(H,23,24)/b21-14+. The van der Waals surface area contributed by atoms with Crippen molar-refractivity contribution < 1.29 is 9.90 Å². The third kappa shape index (κ3) is 3.87. The summed E-state index contributed by atoms with van der Waals surface area (Å²) in [6.45, 7) is 0. The maximum atomic E-state index is 10.8. The minimum Gasteiger partial charge on any atom is -0.478 e. The molecule has 0 aliphatic heterocycles. The molecule has 4 heteroatoms. The molecule has 0 radical (unpaired) electrons. The van der Waals surface area contributed by atoms with Crippen LogP contribution in [0.1, 0.15) is 15.9 Å². The van der Waals surface area contributed by atoms with Crippen molar-refractivity contribution in [1.29, 1.82) is 0 Å². The minimum absolute atomic E-state index is 0.251. The van der Waals surface area contributed by atoms with Crippen molar-refractivity contribution >= 4 is 17.9 Å². The summed E-state index contributed by atoms with van der Waals surface area (Å²) in [4.78, 5) is 10.8. The average molecular weight is 316 g/mol. The maximum Gasteiger partial charge on any atom is 0.335 e. The zero-order chi connectivity index (χ0) is 16.8. The lowest BCUT2D eigenvalue weighted by molar-refractivity contribution is 0.0697. The SMILES string of the molecule is O=C(O)c1ccc(N/N=C/c2ccc(-c3ccccc3)cc2)cc1. The summed E-state index contributed by atoms with van der Waals surface area (Å²) in [5.74, 6) is -0.941. The highest BCUT2D eigenvalue weighted by Gasteiger charge is 2.00. The number of carboxylic acids is 1. The fourth-order valence-electron chi connectivity index (χ4n) is 2.26. The summed E-state index contributed by atoms with van der Waals surface area (Å²) in [7, 11) is 0. The number of hydrogen-bond donors (Lipinski definition) is 2. The first-order valence-electron chi connectivity index (χ1n) is 7.50. The largest absolute Gasteiger partial charge is 0.478 e. The molecule has 0 aromatic heterocycles. The zero-order valence-corrected chi connectivity index (χ0v) is 12.9. The highest BCUT2D eigenvalue weighted by atomic mass is 16.4. The molecular formula is C20H16N2O2. The van der Waals surface area contributed by atoms with E-state index < -0.39 is 5.97 Å². The lowest BCUT2D eigenvalue weighted by Crippen LogP contribution is -1.96. The number of rotatable bonds is 5. The Morgan fingerprint density at radius 3 is 2.08 bits per heavy atom. The Kier molecular flexibility index (Phi) is 4.68. The van der Waals surface area contributed by atoms with Gasteiger partial charge in [-0.15, -0.1) is 0 Å². The molecule has 0 saturated carbocycles. The highest BCUT2D eigenvalue weighted by Crippen LogP contribution is 2.18. The summed E-state index contributed by atoms with van der Waals surface area (Å²) in [6.07, 6.45) is 1.72. The summed E-state index contributed by atoms with van der Waals surface area (Å²) in [5, 5.41) is 13.0. The van der Waals surface area contributed by atoms with E-state index in [1.54, 1.807) is 18.3 Å². The molecule has 0 fully saturated rings. The van der Waals surface area contributed by atoms with E-state index in [9.17, 15) is 4.79 Å². The van der Waals surface area contributed by atoms with Crippen LogP contribution in [0.25, 0.3) is 11.1 Å². The topological polar surface area (TPSA) is 61.7 Å². The zero-order valence-electron chi connectivity index (χ0n) is 12.9. The number of nitrogens with zero attached hydrogens (tertiary/aromatic N) is 1. The molecule has 3 aromatic rings. The van der Waals surface area contributed by atoms with Crippen molar-refractivity contribution in [2.75, 3.05) is 5.43 Å². The molecule has 0 spiro atoms. The number of hydrazone groups is 1. The molecule has 2 N–H and O–H groups in total. The van der Waals surface area contributed by atoms with Crippen LogP contribution in [-0.2, 0) is 0 Å². The lowest BCUT2D eigenvalue weighted by atomic mass is 10.0. The van der Waals surface area contributed by atoms with E-state index in [4.69, 9.17) is 5.11 Å². The van der Waals surface area contributed by atoms with Gasteiger partial charge in [0.15, 0.2) is 0 Å². The molecular weight excluding hydrogens is 300 g/mol. The number of nitrogens with one attached hydrogen (secondary N) is 1. The third-order valence-electron chi connectivity index (χ3n) is 3.56. The van der Waals surface area contributed by atoms with Gasteiger partial charge in [0.25, 0.3) is 0 Å². The smallest absolute Gasteiger partial charge is 0.335 e. The summed E-state index contributed by atoms with van der Waals surface area (Å²) in [6, 6.07) is 24.7. The normalized spacial score (nSPS) is 10.7. The fourth-order valence-corrected chi connectivity index (χ4v) is 2.26. The second-order valence-electron chi connectivity index (χ2n) is 5.24. The van der Waals surface area contributed by atoms with Crippen molar-refractivity contribution in [2.45, 2.75) is 0 Å². The quantitative estimate of drug-likeness (QED) is 0.538. The second-order valence-corrected chi connectivity index (χ2v) is 5.24. The summed E-state index contributed by atoms with van der Waals surface area (Å²) < 4.78 is 0. The van der Waals surface area contributed by atoms with Crippen LogP contribution in [0, 0.1) is 0 Å². The van der Waals surface area contributed by atoms with Crippen LogP contribution in [0.4, 0.5) is 5.69 Å². The number of carbonyl (C=O) groups is 1. The number of hydrogen-bond acceptors (Lipinski definition) is 3. The van der Waals surface area contributed by atoms with Crippen LogP contribution in [0.3, 0.4) is 0 Å². The third-order valence-corrected chi connectivity index (χ3v) is 3.56. The Bertz CT molecular complexity index is 839. The van der Waals surface area contributed by atoms with Crippen LogP contribution in [0.2, 0.25) is 0 Å². The van der Waals surface area contributed by atoms with Crippen LogP contribution < -0.4 is 5.43 Å². The number of benzene rings is 3. The van der Waals surface area contributed by atoms with Gasteiger partial charge in [-0.2, -0.15) is 5.10 Å². The minimum atomic E-state index is -0.941. The average Bonchev–Trinajstić information content (AvgIpc) is 2.63. The summed E-state index contributed by atoms with van der Waals surface area (Å²) >= 11 is 0. The molecule has 4 nitrogen and oxygen atoms in total. The molecule has 0 saturated heterocycles. The lowest BCUT2D eigenvalue weighted by Gasteiger charge is -2.02. The van der Waals surface area contributed by atoms with E-state index in [1.165, 1.54) is 17.7 Å². The van der Waals surface area contributed by atoms with Gasteiger partial charge in [-0.1, -0.05) is 54.6 Å². The van der Waals surface area contributed by atoms with Gasteiger partial charge in [0.05, 0.1) is 17.5 Å². The van der Waals surface area contributed by atoms with Gasteiger partial charge in [0.1, 0.15) is 0 Å². The molecule has 24 heavy (non-hydrogen) atoms. The van der Waals surface area contributed by atoms with E-state index in [1.807, 2.05) is 30.3 Å². The van der Waals surface area contributed by atoms with Gasteiger partial charge in [-0.05, 0) is 41.0 Å². The van der Waals surface area contributed by atoms with E-state index in [2.05, 4.69) is 34.8 Å². The molecule has 0 bridgehead atoms. The maximum absolute atomic E-state index is 10.8. The first kappa shape index (κ1) is 15.5. The monoisotopic (exact) mass is 316 g/mol. The Morgan fingerprint density at radius 1 is 0.833 bits per heavy atom. The van der Waals surface area contributed by atoms with Gasteiger partial charge >= 0.3 is 5.97 Å². The van der Waals surface area contributed by atoms with Gasteiger partial charge < -0.3 is 5.11 Å². The second kappa shape index (κ2) is 7.24. The molecule has 0 amide bonds. The molecule has 0 heterocycles. The number of anilines is 1. The Balaban J connectivity index is 1.63. The van der Waals surface area contributed by atoms with Gasteiger partial charge in [-0.25, -0.2) is 4.79 Å². The van der Waals surface area contributed by atoms with Gasteiger partial charge in [-0.3, -0.25) is 5.43 Å². The number of aromatic carboxylic acids is 1.